The first-order valence-corrected chi connectivity index (χ1v) is 4.63. The van der Waals surface area contributed by atoms with Crippen molar-refractivity contribution in [3.63, 3.8) is 0 Å². The predicted molar refractivity (Wildman–Crippen MR) is 50.4 cm³/mol. The quantitative estimate of drug-likeness (QED) is 0.657. The van der Waals surface area contributed by atoms with E-state index in [1.807, 2.05) is 25.1 Å². The summed E-state index contributed by atoms with van der Waals surface area (Å²) < 4.78 is 0. The molecule has 13 heavy (non-hydrogen) atoms. The van der Waals surface area contributed by atoms with Crippen LogP contribution >= 0.6 is 0 Å². The zero-order valence-electron chi connectivity index (χ0n) is 7.79. The highest BCUT2D eigenvalue weighted by Gasteiger charge is 2.42. The van der Waals surface area contributed by atoms with Crippen LogP contribution in [0.5, 0.6) is 0 Å². The second-order valence-corrected chi connectivity index (χ2v) is 3.93. The molecule has 2 heteroatoms. The lowest BCUT2D eigenvalue weighted by molar-refractivity contribution is -0.112. The van der Waals surface area contributed by atoms with Crippen LogP contribution in [-0.2, 0) is 11.2 Å². The largest absolute Gasteiger partial charge is 0.303 e. The van der Waals surface area contributed by atoms with Crippen LogP contribution in [0.25, 0.3) is 0 Å². The minimum Gasteiger partial charge on any atom is -0.303 e. The highest BCUT2D eigenvalue weighted by Crippen LogP contribution is 2.45. The van der Waals surface area contributed by atoms with Crippen LogP contribution in [-0.4, -0.2) is 11.3 Å². The summed E-state index contributed by atoms with van der Waals surface area (Å²) >= 11 is 0. The van der Waals surface area contributed by atoms with Gasteiger partial charge in [-0.2, -0.15) is 0 Å². The molecule has 0 aliphatic heterocycles. The van der Waals surface area contributed by atoms with Crippen molar-refractivity contribution in [1.29, 1.82) is 0 Å². The first-order chi connectivity index (χ1) is 6.24. The van der Waals surface area contributed by atoms with E-state index in [-0.39, 0.29) is 5.41 Å². The molecule has 0 saturated heterocycles. The molecule has 1 fully saturated rings. The molecule has 0 aromatic carbocycles. The SMILES string of the molecule is Cc1cccc(CC2(C=O)CC2)n1. The van der Waals surface area contributed by atoms with E-state index in [0.717, 1.165) is 36.9 Å². The number of hydrogen-bond acceptors (Lipinski definition) is 2. The number of hydrogen-bond donors (Lipinski definition) is 0. The number of aldehydes is 1. The second kappa shape index (κ2) is 2.95. The molecular formula is C11H13NO. The van der Waals surface area contributed by atoms with Crippen LogP contribution in [0, 0.1) is 12.3 Å². The van der Waals surface area contributed by atoms with Gasteiger partial charge in [-0.05, 0) is 31.9 Å². The number of nitrogens with zero attached hydrogens (tertiary/aromatic N) is 1. The number of carbonyl (C=O) groups excluding carboxylic acids is 1. The maximum atomic E-state index is 10.8. The Kier molecular flexibility index (Phi) is 1.91. The first kappa shape index (κ1) is 8.42. The number of pyridine rings is 1. The van der Waals surface area contributed by atoms with Crippen molar-refractivity contribution >= 4 is 6.29 Å². The minimum absolute atomic E-state index is 0.0548. The first-order valence-electron chi connectivity index (χ1n) is 4.63. The van der Waals surface area contributed by atoms with Gasteiger partial charge in [-0.15, -0.1) is 0 Å². The molecule has 0 spiro atoms. The monoisotopic (exact) mass is 175 g/mol. The lowest BCUT2D eigenvalue weighted by Crippen LogP contribution is -2.07. The molecule has 1 aromatic heterocycles. The lowest BCUT2D eigenvalue weighted by Gasteiger charge is -2.05. The highest BCUT2D eigenvalue weighted by atomic mass is 16.1. The average Bonchev–Trinajstić information content (AvgIpc) is 2.86. The van der Waals surface area contributed by atoms with Crippen LogP contribution in [0.15, 0.2) is 18.2 Å². The molecule has 0 radical (unpaired) electrons. The number of rotatable bonds is 3. The number of aryl methyl sites for hydroxylation is 1. The van der Waals surface area contributed by atoms with Crippen molar-refractivity contribution in [3.8, 4) is 0 Å². The molecule has 1 aliphatic rings. The Balaban J connectivity index is 2.14. The second-order valence-electron chi connectivity index (χ2n) is 3.93. The van der Waals surface area contributed by atoms with E-state index >= 15 is 0 Å². The zero-order valence-corrected chi connectivity index (χ0v) is 7.79. The van der Waals surface area contributed by atoms with Crippen LogP contribution < -0.4 is 0 Å². The highest BCUT2D eigenvalue weighted by molar-refractivity contribution is 5.64. The summed E-state index contributed by atoms with van der Waals surface area (Å²) in [7, 11) is 0. The summed E-state index contributed by atoms with van der Waals surface area (Å²) in [5, 5.41) is 0. The van der Waals surface area contributed by atoms with E-state index in [1.54, 1.807) is 0 Å². The van der Waals surface area contributed by atoms with Crippen LogP contribution in [0.2, 0.25) is 0 Å². The maximum Gasteiger partial charge on any atom is 0.126 e. The number of aromatic nitrogens is 1. The normalized spacial score (nSPS) is 18.2. The Hall–Kier alpha value is -1.18. The lowest BCUT2D eigenvalue weighted by atomic mass is 10.0. The van der Waals surface area contributed by atoms with Crippen molar-refractivity contribution in [2.45, 2.75) is 26.2 Å². The smallest absolute Gasteiger partial charge is 0.126 e. The minimum atomic E-state index is -0.0548. The third kappa shape index (κ3) is 1.77. The van der Waals surface area contributed by atoms with Crippen molar-refractivity contribution in [3.05, 3.63) is 29.6 Å². The van der Waals surface area contributed by atoms with Crippen molar-refractivity contribution in [1.82, 2.24) is 4.98 Å². The predicted octanol–water partition coefficient (Wildman–Crippen LogP) is 1.91. The molecule has 1 aliphatic carbocycles. The van der Waals surface area contributed by atoms with Gasteiger partial charge in [0.2, 0.25) is 0 Å². The summed E-state index contributed by atoms with van der Waals surface area (Å²) in [6.07, 6.45) is 3.98. The molecule has 68 valence electrons. The van der Waals surface area contributed by atoms with E-state index in [1.165, 1.54) is 0 Å². The Bertz CT molecular complexity index is 329. The van der Waals surface area contributed by atoms with Gasteiger partial charge in [0, 0.05) is 23.2 Å². The van der Waals surface area contributed by atoms with Gasteiger partial charge in [0.1, 0.15) is 6.29 Å². The van der Waals surface area contributed by atoms with E-state index in [4.69, 9.17) is 0 Å². The molecule has 0 amide bonds. The van der Waals surface area contributed by atoms with Crippen LogP contribution in [0.4, 0.5) is 0 Å². The van der Waals surface area contributed by atoms with E-state index in [0.29, 0.717) is 0 Å². The fourth-order valence-corrected chi connectivity index (χ4v) is 1.56. The Morgan fingerprint density at radius 1 is 1.54 bits per heavy atom. The van der Waals surface area contributed by atoms with Crippen molar-refractivity contribution in [2.24, 2.45) is 5.41 Å². The number of carbonyl (C=O) groups is 1. The maximum absolute atomic E-state index is 10.8. The summed E-state index contributed by atoms with van der Waals surface area (Å²) in [6, 6.07) is 5.97. The average molecular weight is 175 g/mol. The molecule has 0 unspecified atom stereocenters. The molecule has 2 rings (SSSR count). The van der Waals surface area contributed by atoms with Gasteiger partial charge < -0.3 is 4.79 Å². The fourth-order valence-electron chi connectivity index (χ4n) is 1.56. The molecule has 0 N–H and O–H groups in total. The topological polar surface area (TPSA) is 30.0 Å². The van der Waals surface area contributed by atoms with Gasteiger partial charge in [0.15, 0.2) is 0 Å². The van der Waals surface area contributed by atoms with E-state index in [2.05, 4.69) is 4.98 Å². The summed E-state index contributed by atoms with van der Waals surface area (Å²) in [5.41, 5.74) is 2.02. The Morgan fingerprint density at radius 3 is 2.85 bits per heavy atom. The Morgan fingerprint density at radius 2 is 2.31 bits per heavy atom. The van der Waals surface area contributed by atoms with E-state index < -0.39 is 0 Å². The van der Waals surface area contributed by atoms with Crippen LogP contribution in [0.3, 0.4) is 0 Å². The fraction of sp³-hybridized carbons (Fsp3) is 0.455. The summed E-state index contributed by atoms with van der Waals surface area (Å²) in [4.78, 5) is 15.1. The third-order valence-corrected chi connectivity index (χ3v) is 2.62. The van der Waals surface area contributed by atoms with Gasteiger partial charge in [0.25, 0.3) is 0 Å². The molecule has 1 aromatic rings. The molecular weight excluding hydrogens is 162 g/mol. The van der Waals surface area contributed by atoms with Crippen LogP contribution in [0.1, 0.15) is 24.2 Å². The molecule has 2 nitrogen and oxygen atoms in total. The van der Waals surface area contributed by atoms with Gasteiger partial charge in [0.05, 0.1) is 0 Å². The van der Waals surface area contributed by atoms with Gasteiger partial charge in [-0.25, -0.2) is 0 Å². The third-order valence-electron chi connectivity index (χ3n) is 2.62. The summed E-state index contributed by atoms with van der Waals surface area (Å²) in [5.74, 6) is 0. The zero-order chi connectivity index (χ0) is 9.31. The molecule has 0 bridgehead atoms. The Labute approximate surface area is 78.0 Å². The summed E-state index contributed by atoms with van der Waals surface area (Å²) in [6.45, 7) is 1.98. The molecule has 0 atom stereocenters. The standard InChI is InChI=1S/C11H13NO/c1-9-3-2-4-10(12-9)7-11(8-13)5-6-11/h2-4,8H,5-7H2,1H3. The molecule has 1 heterocycles. The van der Waals surface area contributed by atoms with Gasteiger partial charge >= 0.3 is 0 Å². The molecule has 1 saturated carbocycles. The van der Waals surface area contributed by atoms with E-state index in [9.17, 15) is 4.79 Å². The van der Waals surface area contributed by atoms with Gasteiger partial charge in [-0.1, -0.05) is 6.07 Å². The van der Waals surface area contributed by atoms with Crippen molar-refractivity contribution in [2.75, 3.05) is 0 Å². The van der Waals surface area contributed by atoms with Crippen molar-refractivity contribution < 1.29 is 4.79 Å². The van der Waals surface area contributed by atoms with Gasteiger partial charge in [-0.3, -0.25) is 4.98 Å².